The molecule has 2 aromatic rings. The zero-order valence-corrected chi connectivity index (χ0v) is 6.94. The summed E-state index contributed by atoms with van der Waals surface area (Å²) in [5.41, 5.74) is 0.255. The molecule has 13 heavy (non-hydrogen) atoms. The Morgan fingerprint density at radius 3 is 2.92 bits per heavy atom. The van der Waals surface area contributed by atoms with Crippen LogP contribution in [0.15, 0.2) is 27.7 Å². The molecule has 0 fully saturated rings. The summed E-state index contributed by atoms with van der Waals surface area (Å²) in [6.07, 6.45) is 3.09. The zero-order chi connectivity index (χ0) is 9.26. The molecule has 0 saturated heterocycles. The molecule has 0 bridgehead atoms. The van der Waals surface area contributed by atoms with Crippen molar-refractivity contribution in [1.82, 2.24) is 15.2 Å². The first kappa shape index (κ1) is 7.72. The van der Waals surface area contributed by atoms with Crippen molar-refractivity contribution < 1.29 is 4.42 Å². The van der Waals surface area contributed by atoms with Crippen LogP contribution in [0.5, 0.6) is 0 Å². The summed E-state index contributed by atoms with van der Waals surface area (Å²) >= 11 is 0. The Bertz CT molecular complexity index is 472. The number of rotatable bonds is 1. The highest BCUT2D eigenvalue weighted by atomic mass is 16.4. The molecule has 5 heteroatoms. The minimum atomic E-state index is -0.137. The van der Waals surface area contributed by atoms with E-state index in [1.807, 2.05) is 0 Å². The molecule has 2 aromatic heterocycles. The van der Waals surface area contributed by atoms with Crippen molar-refractivity contribution in [3.05, 3.63) is 34.6 Å². The summed E-state index contributed by atoms with van der Waals surface area (Å²) in [7, 11) is 0. The molecule has 0 saturated carbocycles. The molecule has 0 atom stereocenters. The third-order valence-electron chi connectivity index (χ3n) is 1.58. The van der Waals surface area contributed by atoms with Crippen LogP contribution in [-0.2, 0) is 0 Å². The molecule has 0 spiro atoms. The van der Waals surface area contributed by atoms with Gasteiger partial charge in [-0.2, -0.15) is 0 Å². The van der Waals surface area contributed by atoms with Crippen LogP contribution in [0.1, 0.15) is 5.89 Å². The normalized spacial score (nSPS) is 10.2. The van der Waals surface area contributed by atoms with E-state index >= 15 is 0 Å². The number of aryl methyl sites for hydroxylation is 1. The first-order valence-electron chi connectivity index (χ1n) is 3.75. The molecule has 0 aromatic carbocycles. The minimum absolute atomic E-state index is 0.137. The Morgan fingerprint density at radius 1 is 1.46 bits per heavy atom. The van der Waals surface area contributed by atoms with E-state index in [1.165, 1.54) is 12.3 Å². The van der Waals surface area contributed by atoms with Gasteiger partial charge in [0.05, 0.1) is 0 Å². The van der Waals surface area contributed by atoms with Gasteiger partial charge in [0, 0.05) is 25.4 Å². The fourth-order valence-electron chi connectivity index (χ4n) is 0.989. The van der Waals surface area contributed by atoms with E-state index < -0.39 is 0 Å². The topological polar surface area (TPSA) is 71.8 Å². The Kier molecular flexibility index (Phi) is 1.70. The predicted octanol–water partition coefficient (Wildman–Crippen LogP) is 0.733. The Balaban J connectivity index is 2.59. The van der Waals surface area contributed by atoms with Crippen molar-refractivity contribution in [2.24, 2.45) is 0 Å². The van der Waals surface area contributed by atoms with Gasteiger partial charge in [0.15, 0.2) is 5.43 Å². The molecule has 5 nitrogen and oxygen atoms in total. The predicted molar refractivity (Wildman–Crippen MR) is 45.1 cm³/mol. The van der Waals surface area contributed by atoms with Crippen LogP contribution in [0.2, 0.25) is 0 Å². The van der Waals surface area contributed by atoms with Gasteiger partial charge in [-0.25, -0.2) is 0 Å². The van der Waals surface area contributed by atoms with Crippen LogP contribution in [0.3, 0.4) is 0 Å². The van der Waals surface area contributed by atoms with E-state index in [2.05, 4.69) is 15.2 Å². The summed E-state index contributed by atoms with van der Waals surface area (Å²) in [6.45, 7) is 1.67. The number of aromatic amines is 1. The van der Waals surface area contributed by atoms with E-state index in [-0.39, 0.29) is 11.3 Å². The van der Waals surface area contributed by atoms with Gasteiger partial charge >= 0.3 is 0 Å². The number of pyridine rings is 1. The van der Waals surface area contributed by atoms with Gasteiger partial charge in [-0.15, -0.1) is 10.2 Å². The molecule has 1 N–H and O–H groups in total. The molecular formula is C8H7N3O2. The molecule has 2 rings (SSSR count). The summed E-state index contributed by atoms with van der Waals surface area (Å²) in [6, 6.07) is 1.41. The number of hydrogen-bond donors (Lipinski definition) is 1. The maximum absolute atomic E-state index is 11.3. The van der Waals surface area contributed by atoms with Crippen LogP contribution in [0, 0.1) is 6.92 Å². The fourth-order valence-corrected chi connectivity index (χ4v) is 0.989. The van der Waals surface area contributed by atoms with Crippen LogP contribution in [0.4, 0.5) is 0 Å². The van der Waals surface area contributed by atoms with E-state index in [0.29, 0.717) is 11.5 Å². The summed E-state index contributed by atoms with van der Waals surface area (Å²) in [5.74, 6) is 0.692. The fraction of sp³-hybridized carbons (Fsp3) is 0.125. The van der Waals surface area contributed by atoms with Crippen LogP contribution < -0.4 is 5.43 Å². The lowest BCUT2D eigenvalue weighted by Crippen LogP contribution is -2.02. The highest BCUT2D eigenvalue weighted by Gasteiger charge is 2.08. The first-order chi connectivity index (χ1) is 6.27. The molecule has 2 heterocycles. The summed E-state index contributed by atoms with van der Waals surface area (Å²) in [4.78, 5) is 14.1. The van der Waals surface area contributed by atoms with E-state index in [0.717, 1.165) is 0 Å². The zero-order valence-electron chi connectivity index (χ0n) is 6.94. The monoisotopic (exact) mass is 177 g/mol. The number of hydrogen-bond acceptors (Lipinski definition) is 4. The van der Waals surface area contributed by atoms with Gasteiger partial charge in [0.2, 0.25) is 5.89 Å². The third kappa shape index (κ3) is 1.35. The second-order valence-corrected chi connectivity index (χ2v) is 2.55. The number of nitrogens with one attached hydrogen (secondary N) is 1. The summed E-state index contributed by atoms with van der Waals surface area (Å²) < 4.78 is 5.11. The van der Waals surface area contributed by atoms with Gasteiger partial charge in [0.25, 0.3) is 5.89 Å². The molecule has 0 radical (unpaired) electrons. The van der Waals surface area contributed by atoms with Crippen molar-refractivity contribution in [2.75, 3.05) is 0 Å². The van der Waals surface area contributed by atoms with Gasteiger partial charge in [-0.1, -0.05) is 0 Å². The second-order valence-electron chi connectivity index (χ2n) is 2.55. The maximum atomic E-state index is 11.3. The summed E-state index contributed by atoms with van der Waals surface area (Å²) in [5, 5.41) is 7.37. The van der Waals surface area contributed by atoms with Crippen molar-refractivity contribution in [2.45, 2.75) is 6.92 Å². The third-order valence-corrected chi connectivity index (χ3v) is 1.58. The minimum Gasteiger partial charge on any atom is -0.421 e. The smallest absolute Gasteiger partial charge is 0.253 e. The largest absolute Gasteiger partial charge is 0.421 e. The van der Waals surface area contributed by atoms with Crippen LogP contribution in [-0.4, -0.2) is 15.2 Å². The molecule has 0 aliphatic carbocycles. The van der Waals surface area contributed by atoms with Crippen LogP contribution in [0.25, 0.3) is 11.5 Å². The lowest BCUT2D eigenvalue weighted by atomic mass is 10.3. The van der Waals surface area contributed by atoms with Gasteiger partial charge < -0.3 is 9.40 Å². The number of aromatic nitrogens is 3. The van der Waals surface area contributed by atoms with Crippen molar-refractivity contribution in [1.29, 1.82) is 0 Å². The molecule has 0 unspecified atom stereocenters. The Hall–Kier alpha value is -1.91. The van der Waals surface area contributed by atoms with E-state index in [9.17, 15) is 4.79 Å². The van der Waals surface area contributed by atoms with E-state index in [1.54, 1.807) is 13.1 Å². The lowest BCUT2D eigenvalue weighted by molar-refractivity contribution is 0.532. The SMILES string of the molecule is Cc1nnc(-c2c[nH]ccc2=O)o1. The number of nitrogens with zero attached hydrogens (tertiary/aromatic N) is 2. The van der Waals surface area contributed by atoms with Crippen LogP contribution >= 0.6 is 0 Å². The first-order valence-corrected chi connectivity index (χ1v) is 3.75. The average Bonchev–Trinajstić information content (AvgIpc) is 2.53. The standard InChI is InChI=1S/C8H7N3O2/c1-5-10-11-8(13-5)6-4-9-3-2-7(6)12/h2-4H,1H3,(H,9,12). The molecule has 0 amide bonds. The maximum Gasteiger partial charge on any atom is 0.253 e. The second kappa shape index (κ2) is 2.85. The lowest BCUT2D eigenvalue weighted by Gasteiger charge is -1.90. The number of H-pyrrole nitrogens is 1. The van der Waals surface area contributed by atoms with Gasteiger partial charge in [-0.05, 0) is 0 Å². The van der Waals surface area contributed by atoms with Gasteiger partial charge in [-0.3, -0.25) is 4.79 Å². The van der Waals surface area contributed by atoms with Crippen molar-refractivity contribution in [3.8, 4) is 11.5 Å². The Labute approximate surface area is 73.4 Å². The highest BCUT2D eigenvalue weighted by Crippen LogP contribution is 2.10. The van der Waals surface area contributed by atoms with Crippen molar-refractivity contribution in [3.63, 3.8) is 0 Å². The van der Waals surface area contributed by atoms with Gasteiger partial charge in [0.1, 0.15) is 5.56 Å². The highest BCUT2D eigenvalue weighted by molar-refractivity contribution is 5.49. The molecular weight excluding hydrogens is 170 g/mol. The van der Waals surface area contributed by atoms with E-state index in [4.69, 9.17) is 4.42 Å². The Morgan fingerprint density at radius 2 is 2.31 bits per heavy atom. The van der Waals surface area contributed by atoms with Crippen molar-refractivity contribution >= 4 is 0 Å². The molecule has 0 aliphatic heterocycles. The quantitative estimate of drug-likeness (QED) is 0.697. The average molecular weight is 177 g/mol. The molecule has 66 valence electrons. The molecule has 0 aliphatic rings.